The van der Waals surface area contributed by atoms with E-state index in [2.05, 4.69) is 5.32 Å². The largest absolute Gasteiger partial charge is 0.478 e. The molecule has 0 heterocycles. The quantitative estimate of drug-likeness (QED) is 0.689. The number of rotatable bonds is 3. The summed E-state index contributed by atoms with van der Waals surface area (Å²) in [5.41, 5.74) is -0.198. The number of carbonyl (C=O) groups excluding carboxylic acids is 1. The summed E-state index contributed by atoms with van der Waals surface area (Å²) in [7, 11) is 0. The van der Waals surface area contributed by atoms with Crippen LogP contribution < -0.4 is 5.32 Å². The molecule has 13 heavy (non-hydrogen) atoms. The predicted molar refractivity (Wildman–Crippen MR) is 43.0 cm³/mol. The van der Waals surface area contributed by atoms with Crippen LogP contribution in [0.25, 0.3) is 0 Å². The van der Waals surface area contributed by atoms with E-state index in [1.165, 1.54) is 6.07 Å². The van der Waals surface area contributed by atoms with E-state index in [4.69, 9.17) is 5.11 Å². The molecular weight excluding hydrogens is 177 g/mol. The second kappa shape index (κ2) is 3.66. The van der Waals surface area contributed by atoms with E-state index in [-0.39, 0.29) is 11.3 Å². The van der Waals surface area contributed by atoms with Crippen LogP contribution in [0.1, 0.15) is 10.4 Å². The van der Waals surface area contributed by atoms with Gasteiger partial charge in [0, 0.05) is 0 Å². The fraction of sp³-hybridized carbons (Fsp3) is 0. The first-order valence-electron chi connectivity index (χ1n) is 3.38. The summed E-state index contributed by atoms with van der Waals surface area (Å²) in [6, 6.07) is 3.10. The van der Waals surface area contributed by atoms with Crippen molar-refractivity contribution in [1.29, 1.82) is 0 Å². The maximum atomic E-state index is 12.6. The number of halogens is 1. The van der Waals surface area contributed by atoms with Gasteiger partial charge in [0.25, 0.3) is 0 Å². The van der Waals surface area contributed by atoms with E-state index in [9.17, 15) is 14.0 Å². The highest BCUT2D eigenvalue weighted by Gasteiger charge is 2.10. The molecule has 0 aromatic heterocycles. The van der Waals surface area contributed by atoms with Crippen LogP contribution in [0.5, 0.6) is 0 Å². The molecule has 0 unspecified atom stereocenters. The summed E-state index contributed by atoms with van der Waals surface area (Å²) >= 11 is 0. The topological polar surface area (TPSA) is 66.4 Å². The normalized spacial score (nSPS) is 9.31. The summed E-state index contributed by atoms with van der Waals surface area (Å²) in [5.74, 6) is -1.95. The zero-order valence-corrected chi connectivity index (χ0v) is 6.45. The Balaban J connectivity index is 3.17. The minimum Gasteiger partial charge on any atom is -0.478 e. The molecule has 1 aromatic rings. The first-order chi connectivity index (χ1) is 6.15. The van der Waals surface area contributed by atoms with E-state index < -0.39 is 11.8 Å². The number of benzene rings is 1. The number of anilines is 1. The van der Waals surface area contributed by atoms with E-state index in [1.54, 1.807) is 0 Å². The van der Waals surface area contributed by atoms with Crippen molar-refractivity contribution in [3.63, 3.8) is 0 Å². The molecule has 0 saturated heterocycles. The molecule has 0 aliphatic carbocycles. The van der Waals surface area contributed by atoms with Crippen LogP contribution in [0.2, 0.25) is 0 Å². The van der Waals surface area contributed by atoms with Crippen molar-refractivity contribution in [3.05, 3.63) is 29.6 Å². The van der Waals surface area contributed by atoms with Gasteiger partial charge >= 0.3 is 5.97 Å². The molecule has 1 amide bonds. The van der Waals surface area contributed by atoms with Gasteiger partial charge in [0.05, 0.1) is 11.3 Å². The van der Waals surface area contributed by atoms with Gasteiger partial charge in [-0.3, -0.25) is 4.79 Å². The molecular formula is C8H6FNO3. The van der Waals surface area contributed by atoms with Gasteiger partial charge in [-0.1, -0.05) is 0 Å². The average molecular weight is 183 g/mol. The van der Waals surface area contributed by atoms with Crippen LogP contribution in [0, 0.1) is 5.82 Å². The first kappa shape index (κ1) is 9.18. The maximum Gasteiger partial charge on any atom is 0.337 e. The molecule has 5 heteroatoms. The molecule has 2 N–H and O–H groups in total. The third-order valence-corrected chi connectivity index (χ3v) is 1.43. The zero-order chi connectivity index (χ0) is 9.84. The molecule has 1 rings (SSSR count). The van der Waals surface area contributed by atoms with Gasteiger partial charge in [0.1, 0.15) is 5.82 Å². The summed E-state index contributed by atoms with van der Waals surface area (Å²) in [4.78, 5) is 20.6. The highest BCUT2D eigenvalue weighted by Crippen LogP contribution is 2.15. The number of hydrogen-bond donors (Lipinski definition) is 2. The molecule has 0 saturated carbocycles. The summed E-state index contributed by atoms with van der Waals surface area (Å²) < 4.78 is 12.6. The zero-order valence-electron chi connectivity index (χ0n) is 6.45. The standard InChI is InChI=1S/C8H6FNO3/c9-5-1-2-7(10-4-11)6(3-5)8(12)13/h1-4H,(H,10,11)(H,12,13). The molecule has 0 aliphatic heterocycles. The Hall–Kier alpha value is -1.91. The lowest BCUT2D eigenvalue weighted by molar-refractivity contribution is -0.105. The average Bonchev–Trinajstić information content (AvgIpc) is 2.08. The van der Waals surface area contributed by atoms with Crippen LogP contribution in [0.4, 0.5) is 10.1 Å². The number of carboxylic acid groups (broad SMARTS) is 1. The lowest BCUT2D eigenvalue weighted by Crippen LogP contribution is -2.04. The molecule has 1 aromatic carbocycles. The van der Waals surface area contributed by atoms with Crippen molar-refractivity contribution < 1.29 is 19.1 Å². The number of carbonyl (C=O) groups is 2. The fourth-order valence-corrected chi connectivity index (χ4v) is 0.883. The second-order valence-corrected chi connectivity index (χ2v) is 2.26. The predicted octanol–water partition coefficient (Wildman–Crippen LogP) is 1.09. The molecule has 0 bridgehead atoms. The summed E-state index contributed by atoms with van der Waals surface area (Å²) in [6.07, 6.45) is 0.333. The number of nitrogens with one attached hydrogen (secondary N) is 1. The molecule has 68 valence electrons. The molecule has 0 fully saturated rings. The van der Waals surface area contributed by atoms with Gasteiger partial charge < -0.3 is 10.4 Å². The Morgan fingerprint density at radius 3 is 2.77 bits per heavy atom. The van der Waals surface area contributed by atoms with Crippen LogP contribution in [0.3, 0.4) is 0 Å². The fourth-order valence-electron chi connectivity index (χ4n) is 0.883. The monoisotopic (exact) mass is 183 g/mol. The van der Waals surface area contributed by atoms with Crippen LogP contribution in [-0.4, -0.2) is 17.5 Å². The lowest BCUT2D eigenvalue weighted by Gasteiger charge is -2.02. The van der Waals surface area contributed by atoms with E-state index in [1.807, 2.05) is 0 Å². The SMILES string of the molecule is O=CNc1ccc(F)cc1C(=O)O. The van der Waals surface area contributed by atoms with Crippen LogP contribution in [0.15, 0.2) is 18.2 Å². The highest BCUT2D eigenvalue weighted by atomic mass is 19.1. The second-order valence-electron chi connectivity index (χ2n) is 2.26. The van der Waals surface area contributed by atoms with Gasteiger partial charge in [-0.25, -0.2) is 9.18 Å². The number of hydrogen-bond acceptors (Lipinski definition) is 2. The Bertz CT molecular complexity index is 351. The van der Waals surface area contributed by atoms with Crippen molar-refractivity contribution >= 4 is 18.1 Å². The van der Waals surface area contributed by atoms with E-state index in [0.29, 0.717) is 6.41 Å². The van der Waals surface area contributed by atoms with Crippen molar-refractivity contribution in [2.45, 2.75) is 0 Å². The smallest absolute Gasteiger partial charge is 0.337 e. The minimum atomic E-state index is -1.29. The number of amides is 1. The summed E-state index contributed by atoms with van der Waals surface area (Å²) in [5, 5.41) is 10.8. The van der Waals surface area contributed by atoms with Gasteiger partial charge in [0.15, 0.2) is 0 Å². The molecule has 0 radical (unpaired) electrons. The van der Waals surface area contributed by atoms with Crippen molar-refractivity contribution in [2.24, 2.45) is 0 Å². The van der Waals surface area contributed by atoms with Crippen molar-refractivity contribution in [3.8, 4) is 0 Å². The van der Waals surface area contributed by atoms with Gasteiger partial charge in [0.2, 0.25) is 6.41 Å². The van der Waals surface area contributed by atoms with Crippen molar-refractivity contribution in [1.82, 2.24) is 0 Å². The Morgan fingerprint density at radius 2 is 2.23 bits per heavy atom. The van der Waals surface area contributed by atoms with Gasteiger partial charge in [-0.05, 0) is 18.2 Å². The third kappa shape index (κ3) is 2.02. The number of aromatic carboxylic acids is 1. The van der Waals surface area contributed by atoms with Crippen molar-refractivity contribution in [2.75, 3.05) is 5.32 Å². The molecule has 0 spiro atoms. The Kier molecular flexibility index (Phi) is 2.59. The van der Waals surface area contributed by atoms with Gasteiger partial charge in [-0.15, -0.1) is 0 Å². The summed E-state index contributed by atoms with van der Waals surface area (Å²) in [6.45, 7) is 0. The molecule has 4 nitrogen and oxygen atoms in total. The first-order valence-corrected chi connectivity index (χ1v) is 3.38. The van der Waals surface area contributed by atoms with Gasteiger partial charge in [-0.2, -0.15) is 0 Å². The van der Waals surface area contributed by atoms with Crippen LogP contribution in [-0.2, 0) is 4.79 Å². The van der Waals surface area contributed by atoms with E-state index in [0.717, 1.165) is 12.1 Å². The highest BCUT2D eigenvalue weighted by molar-refractivity contribution is 5.96. The van der Waals surface area contributed by atoms with E-state index >= 15 is 0 Å². The Morgan fingerprint density at radius 1 is 1.54 bits per heavy atom. The maximum absolute atomic E-state index is 12.6. The lowest BCUT2D eigenvalue weighted by atomic mass is 10.2. The number of carboxylic acids is 1. The molecule has 0 aliphatic rings. The third-order valence-electron chi connectivity index (χ3n) is 1.43. The Labute approximate surface area is 73.0 Å². The van der Waals surface area contributed by atoms with Crippen LogP contribution >= 0.6 is 0 Å². The minimum absolute atomic E-state index is 0.0731. The molecule has 0 atom stereocenters.